The van der Waals surface area contributed by atoms with Crippen molar-refractivity contribution in [2.75, 3.05) is 11.9 Å². The largest absolute Gasteiger partial charge is 0.378 e. The lowest BCUT2D eigenvalue weighted by atomic mass is 9.89. The average molecular weight is 354 g/mol. The van der Waals surface area contributed by atoms with Crippen LogP contribution in [0.4, 0.5) is 5.82 Å². The van der Waals surface area contributed by atoms with Crippen molar-refractivity contribution in [3.63, 3.8) is 0 Å². The highest BCUT2D eigenvalue weighted by atomic mass is 16.5. The highest BCUT2D eigenvalue weighted by Gasteiger charge is 2.28. The van der Waals surface area contributed by atoms with Crippen molar-refractivity contribution in [3.8, 4) is 11.4 Å². The van der Waals surface area contributed by atoms with E-state index in [1.807, 2.05) is 19.1 Å². The Labute approximate surface area is 156 Å². The van der Waals surface area contributed by atoms with Crippen molar-refractivity contribution in [3.05, 3.63) is 35.8 Å². The number of hydrogen-bond donors (Lipinski definition) is 1. The van der Waals surface area contributed by atoms with Crippen molar-refractivity contribution in [2.24, 2.45) is 5.92 Å². The molecule has 2 unspecified atom stereocenters. The van der Waals surface area contributed by atoms with E-state index in [4.69, 9.17) is 9.72 Å². The monoisotopic (exact) mass is 354 g/mol. The van der Waals surface area contributed by atoms with Gasteiger partial charge >= 0.3 is 0 Å². The number of nitrogens with zero attached hydrogens (tertiary/aromatic N) is 3. The van der Waals surface area contributed by atoms with Crippen LogP contribution in [0.25, 0.3) is 11.4 Å². The van der Waals surface area contributed by atoms with Gasteiger partial charge in [0.2, 0.25) is 0 Å². The Kier molecular flexibility index (Phi) is 6.20. The van der Waals surface area contributed by atoms with Crippen LogP contribution in [0.2, 0.25) is 0 Å². The molecule has 0 bridgehead atoms. The third-order valence-electron chi connectivity index (χ3n) is 5.56. The van der Waals surface area contributed by atoms with Crippen LogP contribution >= 0.6 is 0 Å². The molecular weight excluding hydrogens is 324 g/mol. The number of nitrogens with one attached hydrogen (secondary N) is 1. The highest BCUT2D eigenvalue weighted by Crippen LogP contribution is 2.28. The Hall–Kier alpha value is -2.01. The number of anilines is 1. The molecule has 3 rings (SSSR count). The molecule has 0 aromatic carbocycles. The molecule has 26 heavy (non-hydrogen) atoms. The van der Waals surface area contributed by atoms with Crippen LogP contribution < -0.4 is 5.32 Å². The molecule has 1 N–H and O–H groups in total. The molecule has 140 valence electrons. The van der Waals surface area contributed by atoms with Crippen LogP contribution in [-0.2, 0) is 4.74 Å². The first-order valence-electron chi connectivity index (χ1n) is 9.76. The minimum atomic E-state index is 0.346. The van der Waals surface area contributed by atoms with Crippen molar-refractivity contribution in [1.82, 2.24) is 15.0 Å². The van der Waals surface area contributed by atoms with Gasteiger partial charge in [0.25, 0.3) is 0 Å². The zero-order valence-electron chi connectivity index (χ0n) is 16.3. The first-order valence-corrected chi connectivity index (χ1v) is 9.76. The summed E-state index contributed by atoms with van der Waals surface area (Å²) in [5.41, 5.74) is 3.12. The van der Waals surface area contributed by atoms with E-state index in [1.165, 1.54) is 12.8 Å². The van der Waals surface area contributed by atoms with E-state index >= 15 is 0 Å². The first-order chi connectivity index (χ1) is 12.6. The van der Waals surface area contributed by atoms with Crippen LogP contribution in [0.1, 0.15) is 50.8 Å². The van der Waals surface area contributed by atoms with Crippen molar-refractivity contribution in [2.45, 2.75) is 65.5 Å². The molecule has 3 heterocycles. The predicted octanol–water partition coefficient (Wildman–Crippen LogP) is 4.55. The summed E-state index contributed by atoms with van der Waals surface area (Å²) in [7, 11) is 0. The van der Waals surface area contributed by atoms with Gasteiger partial charge < -0.3 is 10.1 Å². The van der Waals surface area contributed by atoms with Gasteiger partial charge in [0.15, 0.2) is 5.82 Å². The van der Waals surface area contributed by atoms with E-state index in [0.29, 0.717) is 18.1 Å². The molecule has 2 aromatic heterocycles. The molecule has 1 saturated heterocycles. The zero-order valence-corrected chi connectivity index (χ0v) is 16.3. The SMILES string of the molecule is CCC(CC)C1CC(Nc2nc(-c3ccncc3)nc(C)c2C)CCO1. The van der Waals surface area contributed by atoms with Gasteiger partial charge in [0.05, 0.1) is 6.10 Å². The Balaban J connectivity index is 1.80. The van der Waals surface area contributed by atoms with Crippen molar-refractivity contribution < 1.29 is 4.74 Å². The van der Waals surface area contributed by atoms with E-state index in [-0.39, 0.29) is 0 Å². The summed E-state index contributed by atoms with van der Waals surface area (Å²) in [6.45, 7) is 9.47. The Bertz CT molecular complexity index is 715. The number of rotatable bonds is 6. The van der Waals surface area contributed by atoms with Gasteiger partial charge in [0, 0.05) is 41.9 Å². The minimum absolute atomic E-state index is 0.346. The van der Waals surface area contributed by atoms with Gasteiger partial charge in [-0.2, -0.15) is 0 Å². The summed E-state index contributed by atoms with van der Waals surface area (Å²) in [6.07, 6.45) is 8.30. The van der Waals surface area contributed by atoms with Crippen LogP contribution in [0.5, 0.6) is 0 Å². The van der Waals surface area contributed by atoms with E-state index in [2.05, 4.69) is 36.1 Å². The fourth-order valence-corrected chi connectivity index (χ4v) is 3.69. The summed E-state index contributed by atoms with van der Waals surface area (Å²) < 4.78 is 6.06. The van der Waals surface area contributed by atoms with Crippen molar-refractivity contribution in [1.29, 1.82) is 0 Å². The summed E-state index contributed by atoms with van der Waals surface area (Å²) in [5.74, 6) is 2.33. The molecule has 0 aliphatic carbocycles. The maximum absolute atomic E-state index is 6.06. The summed E-state index contributed by atoms with van der Waals surface area (Å²) >= 11 is 0. The van der Waals surface area contributed by atoms with Crippen LogP contribution in [0.15, 0.2) is 24.5 Å². The van der Waals surface area contributed by atoms with Gasteiger partial charge in [-0.05, 0) is 44.7 Å². The fraction of sp³-hybridized carbons (Fsp3) is 0.571. The molecule has 1 aliphatic rings. The maximum atomic E-state index is 6.06. The molecule has 5 heteroatoms. The quantitative estimate of drug-likeness (QED) is 0.824. The third kappa shape index (κ3) is 4.21. The average Bonchev–Trinajstić information content (AvgIpc) is 2.67. The van der Waals surface area contributed by atoms with Crippen LogP contribution in [0.3, 0.4) is 0 Å². The zero-order chi connectivity index (χ0) is 18.5. The van der Waals surface area contributed by atoms with Gasteiger partial charge in [-0.1, -0.05) is 26.7 Å². The van der Waals surface area contributed by atoms with Gasteiger partial charge in [-0.3, -0.25) is 4.98 Å². The smallest absolute Gasteiger partial charge is 0.161 e. The fourth-order valence-electron chi connectivity index (χ4n) is 3.69. The molecule has 0 saturated carbocycles. The molecule has 0 amide bonds. The molecule has 0 spiro atoms. The second kappa shape index (κ2) is 8.58. The Morgan fingerprint density at radius 1 is 1.15 bits per heavy atom. The topological polar surface area (TPSA) is 59.9 Å². The molecule has 1 fully saturated rings. The molecule has 2 atom stereocenters. The summed E-state index contributed by atoms with van der Waals surface area (Å²) in [5, 5.41) is 3.69. The maximum Gasteiger partial charge on any atom is 0.161 e. The van der Waals surface area contributed by atoms with Gasteiger partial charge in [0.1, 0.15) is 5.82 Å². The molecule has 5 nitrogen and oxygen atoms in total. The van der Waals surface area contributed by atoms with E-state index in [1.54, 1.807) is 12.4 Å². The highest BCUT2D eigenvalue weighted by molar-refractivity contribution is 5.59. The van der Waals surface area contributed by atoms with Gasteiger partial charge in [-0.15, -0.1) is 0 Å². The molecule has 2 aromatic rings. The first kappa shape index (κ1) is 18.8. The normalized spacial score (nSPS) is 20.3. The lowest BCUT2D eigenvalue weighted by molar-refractivity contribution is -0.0271. The summed E-state index contributed by atoms with van der Waals surface area (Å²) in [6, 6.07) is 4.30. The van der Waals surface area contributed by atoms with E-state index < -0.39 is 0 Å². The lowest BCUT2D eigenvalue weighted by Crippen LogP contribution is -2.38. The lowest BCUT2D eigenvalue weighted by Gasteiger charge is -2.35. The van der Waals surface area contributed by atoms with E-state index in [0.717, 1.165) is 47.9 Å². The van der Waals surface area contributed by atoms with E-state index in [9.17, 15) is 0 Å². The second-order valence-corrected chi connectivity index (χ2v) is 7.19. The summed E-state index contributed by atoms with van der Waals surface area (Å²) in [4.78, 5) is 13.6. The molecule has 1 aliphatic heterocycles. The van der Waals surface area contributed by atoms with Crippen LogP contribution in [0, 0.1) is 19.8 Å². The minimum Gasteiger partial charge on any atom is -0.378 e. The number of aromatic nitrogens is 3. The van der Waals surface area contributed by atoms with Crippen molar-refractivity contribution >= 4 is 5.82 Å². The standard InChI is InChI=1S/C21H30N4O/c1-5-16(6-2)19-13-18(9-12-26-19)24-20-14(3)15(4)23-21(25-20)17-7-10-22-11-8-17/h7-8,10-11,16,18-19H,5-6,9,12-13H2,1-4H3,(H,23,24,25). The number of hydrogen-bond acceptors (Lipinski definition) is 5. The molecular formula is C21H30N4O. The Morgan fingerprint density at radius 2 is 1.88 bits per heavy atom. The number of aryl methyl sites for hydroxylation is 1. The number of ether oxygens (including phenoxy) is 1. The second-order valence-electron chi connectivity index (χ2n) is 7.19. The Morgan fingerprint density at radius 3 is 2.58 bits per heavy atom. The van der Waals surface area contributed by atoms with Gasteiger partial charge in [-0.25, -0.2) is 9.97 Å². The number of pyridine rings is 1. The molecule has 0 radical (unpaired) electrons. The predicted molar refractivity (Wildman–Crippen MR) is 105 cm³/mol. The van der Waals surface area contributed by atoms with Crippen LogP contribution in [-0.4, -0.2) is 33.7 Å². The third-order valence-corrected chi connectivity index (χ3v) is 5.56.